The van der Waals surface area contributed by atoms with E-state index in [1.165, 1.54) is 11.3 Å². The van der Waals surface area contributed by atoms with Gasteiger partial charge in [-0.15, -0.1) is 0 Å². The molecule has 7 nitrogen and oxygen atoms in total. The summed E-state index contributed by atoms with van der Waals surface area (Å²) in [5.41, 5.74) is 4.99. The van der Waals surface area contributed by atoms with E-state index in [2.05, 4.69) is 16.1 Å². The summed E-state index contributed by atoms with van der Waals surface area (Å²) in [4.78, 5) is 32.4. The fourth-order valence-corrected chi connectivity index (χ4v) is 6.43. The van der Waals surface area contributed by atoms with Crippen molar-refractivity contribution in [3.05, 3.63) is 125 Å². The molecule has 0 spiro atoms. The molecule has 3 heterocycles. The van der Waals surface area contributed by atoms with Crippen LogP contribution in [0.25, 0.3) is 11.8 Å². The fourth-order valence-electron chi connectivity index (χ4n) is 5.10. The Hall–Kier alpha value is -3.85. The smallest absolute Gasteiger partial charge is 0.338 e. The van der Waals surface area contributed by atoms with Crippen LogP contribution in [0.2, 0.25) is 10.0 Å². The molecule has 2 aromatic carbocycles. The first-order valence-corrected chi connectivity index (χ1v) is 14.9. The average molecular weight is 623 g/mol. The van der Waals surface area contributed by atoms with Crippen molar-refractivity contribution >= 4 is 46.6 Å². The predicted octanol–water partition coefficient (Wildman–Crippen LogP) is 6.08. The van der Waals surface area contributed by atoms with Crippen molar-refractivity contribution in [2.45, 2.75) is 33.7 Å². The van der Waals surface area contributed by atoms with E-state index in [-0.39, 0.29) is 12.2 Å². The molecule has 0 saturated heterocycles. The lowest BCUT2D eigenvalue weighted by Gasteiger charge is -2.24. The number of ether oxygens (including phenoxy) is 2. The molecule has 0 amide bonds. The van der Waals surface area contributed by atoms with Gasteiger partial charge >= 0.3 is 5.97 Å². The van der Waals surface area contributed by atoms with E-state index < -0.39 is 12.0 Å². The van der Waals surface area contributed by atoms with Crippen molar-refractivity contribution in [3.8, 4) is 11.4 Å². The van der Waals surface area contributed by atoms with Crippen LogP contribution in [0, 0.1) is 13.8 Å². The van der Waals surface area contributed by atoms with Crippen LogP contribution in [0.3, 0.4) is 0 Å². The van der Waals surface area contributed by atoms with Crippen molar-refractivity contribution < 1.29 is 14.3 Å². The number of rotatable bonds is 8. The van der Waals surface area contributed by atoms with Gasteiger partial charge in [0, 0.05) is 17.1 Å². The molecule has 216 valence electrons. The molecule has 0 fully saturated rings. The van der Waals surface area contributed by atoms with Gasteiger partial charge in [-0.1, -0.05) is 59.3 Å². The van der Waals surface area contributed by atoms with E-state index in [0.717, 1.165) is 28.2 Å². The van der Waals surface area contributed by atoms with Gasteiger partial charge in [0.2, 0.25) is 0 Å². The van der Waals surface area contributed by atoms with Crippen molar-refractivity contribution in [2.75, 3.05) is 13.2 Å². The number of esters is 1. The average Bonchev–Trinajstić information content (AvgIpc) is 3.42. The summed E-state index contributed by atoms with van der Waals surface area (Å²) < 4.78 is 15.2. The van der Waals surface area contributed by atoms with Gasteiger partial charge in [-0.25, -0.2) is 9.79 Å². The van der Waals surface area contributed by atoms with Gasteiger partial charge in [0.25, 0.3) is 5.56 Å². The lowest BCUT2D eigenvalue weighted by atomic mass is 9.96. The molecule has 0 N–H and O–H groups in total. The number of halogens is 2. The van der Waals surface area contributed by atoms with Gasteiger partial charge in [-0.2, -0.15) is 0 Å². The van der Waals surface area contributed by atoms with E-state index in [4.69, 9.17) is 32.7 Å². The van der Waals surface area contributed by atoms with Crippen LogP contribution in [0.4, 0.5) is 0 Å². The predicted molar refractivity (Wildman–Crippen MR) is 168 cm³/mol. The topological polar surface area (TPSA) is 74.8 Å². The van der Waals surface area contributed by atoms with Gasteiger partial charge in [-0.3, -0.25) is 9.36 Å². The molecule has 0 aliphatic carbocycles. The van der Waals surface area contributed by atoms with Crippen LogP contribution in [0.1, 0.15) is 42.4 Å². The number of carbonyl (C=O) groups excluding carboxylic acids is 1. The van der Waals surface area contributed by atoms with Crippen molar-refractivity contribution in [1.82, 2.24) is 9.13 Å². The van der Waals surface area contributed by atoms with E-state index in [9.17, 15) is 9.59 Å². The lowest BCUT2D eigenvalue weighted by Crippen LogP contribution is -2.39. The van der Waals surface area contributed by atoms with Crippen LogP contribution in [-0.4, -0.2) is 28.3 Å². The van der Waals surface area contributed by atoms with Gasteiger partial charge < -0.3 is 14.0 Å². The highest BCUT2D eigenvalue weighted by Crippen LogP contribution is 2.32. The molecule has 2 aromatic heterocycles. The normalized spacial score (nSPS) is 14.9. The van der Waals surface area contributed by atoms with Gasteiger partial charge in [0.1, 0.15) is 12.4 Å². The number of thiazole rings is 1. The number of aryl methyl sites for hydroxylation is 1. The van der Waals surface area contributed by atoms with Crippen LogP contribution in [0.15, 0.2) is 82.2 Å². The molecule has 0 saturated carbocycles. The van der Waals surface area contributed by atoms with E-state index >= 15 is 0 Å². The first kappa shape index (κ1) is 29.6. The number of aromatic nitrogens is 2. The highest BCUT2D eigenvalue weighted by Gasteiger charge is 2.33. The third-order valence-electron chi connectivity index (χ3n) is 7.00. The highest BCUT2D eigenvalue weighted by atomic mass is 35.5. The maximum atomic E-state index is 14.0. The number of benzene rings is 2. The zero-order valence-electron chi connectivity index (χ0n) is 23.6. The Balaban J connectivity index is 1.65. The molecular formula is C32H29Cl2N3O4S. The quantitative estimate of drug-likeness (QED) is 0.177. The van der Waals surface area contributed by atoms with E-state index in [0.29, 0.717) is 43.0 Å². The largest absolute Gasteiger partial charge is 0.490 e. The van der Waals surface area contributed by atoms with Crippen molar-refractivity contribution in [1.29, 1.82) is 0 Å². The summed E-state index contributed by atoms with van der Waals surface area (Å²) in [6.45, 7) is 11.7. The Morgan fingerprint density at radius 3 is 2.50 bits per heavy atom. The summed E-state index contributed by atoms with van der Waals surface area (Å²) in [6.07, 6.45) is 3.53. The second-order valence-corrected chi connectivity index (χ2v) is 11.6. The number of nitrogens with zero attached hydrogens (tertiary/aromatic N) is 3. The van der Waals surface area contributed by atoms with Gasteiger partial charge in [0.15, 0.2) is 4.80 Å². The van der Waals surface area contributed by atoms with Crippen molar-refractivity contribution in [3.63, 3.8) is 0 Å². The van der Waals surface area contributed by atoms with Crippen molar-refractivity contribution in [2.24, 2.45) is 4.99 Å². The molecule has 5 rings (SSSR count). The van der Waals surface area contributed by atoms with Crippen LogP contribution in [-0.2, 0) is 9.53 Å². The summed E-state index contributed by atoms with van der Waals surface area (Å²) in [5.74, 6) is 0.150. The Bertz CT molecular complexity index is 1920. The molecule has 10 heteroatoms. The fraction of sp³-hybridized carbons (Fsp3) is 0.219. The number of carbonyl (C=O) groups is 1. The minimum atomic E-state index is -0.709. The first-order valence-electron chi connectivity index (χ1n) is 13.3. The molecule has 0 unspecified atom stereocenters. The minimum Gasteiger partial charge on any atom is -0.490 e. The third kappa shape index (κ3) is 5.50. The van der Waals surface area contributed by atoms with Gasteiger partial charge in [0.05, 0.1) is 38.5 Å². The second-order valence-electron chi connectivity index (χ2n) is 9.73. The molecule has 1 aliphatic heterocycles. The molecule has 0 bridgehead atoms. The molecular weight excluding hydrogens is 593 g/mol. The lowest BCUT2D eigenvalue weighted by molar-refractivity contribution is -0.139. The zero-order chi connectivity index (χ0) is 30.1. The molecule has 0 radical (unpaired) electrons. The number of allylic oxidation sites excluding steroid dienone is 1. The summed E-state index contributed by atoms with van der Waals surface area (Å²) in [7, 11) is 0. The molecule has 1 atom stereocenters. The Morgan fingerprint density at radius 1 is 1.10 bits per heavy atom. The van der Waals surface area contributed by atoms with Gasteiger partial charge in [-0.05, 0) is 81.3 Å². The molecule has 4 aromatic rings. The number of hydrogen-bond donors (Lipinski definition) is 0. The van der Waals surface area contributed by atoms with Crippen LogP contribution >= 0.6 is 34.5 Å². The monoisotopic (exact) mass is 621 g/mol. The van der Waals surface area contributed by atoms with E-state index in [1.54, 1.807) is 30.6 Å². The number of fused-ring (bicyclic) bond motifs is 1. The Morgan fingerprint density at radius 2 is 1.83 bits per heavy atom. The minimum absolute atomic E-state index is 0.204. The number of hydrogen-bond acceptors (Lipinski definition) is 6. The zero-order valence-corrected chi connectivity index (χ0v) is 25.9. The second kappa shape index (κ2) is 12.2. The maximum absolute atomic E-state index is 14.0. The Kier molecular flexibility index (Phi) is 8.59. The van der Waals surface area contributed by atoms with Crippen LogP contribution in [0.5, 0.6) is 5.75 Å². The Labute approximate surface area is 257 Å². The summed E-state index contributed by atoms with van der Waals surface area (Å²) in [5, 5.41) is 0.944. The highest BCUT2D eigenvalue weighted by molar-refractivity contribution is 7.07. The van der Waals surface area contributed by atoms with Crippen LogP contribution < -0.4 is 19.6 Å². The summed E-state index contributed by atoms with van der Waals surface area (Å²) in [6, 6.07) is 14.1. The maximum Gasteiger partial charge on any atom is 0.338 e. The first-order chi connectivity index (χ1) is 20.1. The van der Waals surface area contributed by atoms with E-state index in [1.807, 2.05) is 62.4 Å². The standard InChI is InChI=1S/C32H29Cl2N3O4S/c1-6-14-41-24-11-8-21(9-12-24)29-28(31(39)40-7-2)19(4)35-32-37(29)30(38)27(42-32)16-22-15-18(3)36(20(22)5)23-10-13-25(33)26(34)17-23/h6,8-13,15-17,29H,1,7,14H2,2-5H3/b27-16-/t29-/m0/s1. The third-order valence-corrected chi connectivity index (χ3v) is 8.72. The SMILES string of the molecule is C=CCOc1ccc([C@H]2C(C(=O)OCC)=C(C)N=c3s/c(=C\c4cc(C)n(-c5ccc(Cl)c(Cl)c5)c4C)c(=O)n32)cc1. The molecule has 1 aliphatic rings. The summed E-state index contributed by atoms with van der Waals surface area (Å²) >= 11 is 13.7. The molecule has 42 heavy (non-hydrogen) atoms.